The summed E-state index contributed by atoms with van der Waals surface area (Å²) in [7, 11) is 0. The number of Topliss-reactive ketones (excluding diaryl/α,β-unsaturated/α-hetero) is 1. The zero-order valence-electron chi connectivity index (χ0n) is 15.9. The molecule has 0 bridgehead atoms. The van der Waals surface area contributed by atoms with Crippen molar-refractivity contribution in [3.63, 3.8) is 0 Å². The first kappa shape index (κ1) is 17.9. The lowest BCUT2D eigenvalue weighted by atomic mass is 9.89. The molecule has 0 aliphatic heterocycles. The maximum Gasteiger partial charge on any atom is 0.194 e. The summed E-state index contributed by atoms with van der Waals surface area (Å²) in [5.74, 6) is -0.0481. The van der Waals surface area contributed by atoms with E-state index in [4.69, 9.17) is 0 Å². The number of carbonyl (C=O) groups excluding carboxylic acids is 2. The molecule has 0 aliphatic carbocycles. The molecule has 0 saturated heterocycles. The van der Waals surface area contributed by atoms with Crippen molar-refractivity contribution in [3.8, 4) is 11.1 Å². The predicted octanol–water partition coefficient (Wildman–Crippen LogP) is 6.25. The lowest BCUT2D eigenvalue weighted by Gasteiger charge is -2.14. The maximum absolute atomic E-state index is 13.5. The highest BCUT2D eigenvalue weighted by Crippen LogP contribution is 2.32. The molecule has 0 aromatic heterocycles. The fourth-order valence-corrected chi connectivity index (χ4v) is 3.57. The van der Waals surface area contributed by atoms with Crippen LogP contribution in [0.4, 0.5) is 0 Å². The predicted molar refractivity (Wildman–Crippen MR) is 114 cm³/mol. The molecule has 0 saturated carbocycles. The Hall–Kier alpha value is -3.52. The maximum atomic E-state index is 13.5. The zero-order valence-corrected chi connectivity index (χ0v) is 15.9. The van der Waals surface area contributed by atoms with Gasteiger partial charge in [-0.05, 0) is 35.7 Å². The number of benzene rings is 4. The van der Waals surface area contributed by atoms with E-state index in [1.54, 1.807) is 24.3 Å². The first-order chi connectivity index (χ1) is 13.5. The Morgan fingerprint density at radius 3 is 2.14 bits per heavy atom. The average Bonchev–Trinajstić information content (AvgIpc) is 2.72. The van der Waals surface area contributed by atoms with Crippen molar-refractivity contribution < 1.29 is 9.59 Å². The van der Waals surface area contributed by atoms with Crippen LogP contribution >= 0.6 is 0 Å². The number of aryl methyl sites for hydroxylation is 1. The van der Waals surface area contributed by atoms with Crippen molar-refractivity contribution in [2.24, 2.45) is 0 Å². The van der Waals surface area contributed by atoms with Crippen LogP contribution in [0.2, 0.25) is 0 Å². The van der Waals surface area contributed by atoms with Crippen molar-refractivity contribution >= 4 is 22.3 Å². The largest absolute Gasteiger partial charge is 0.295 e. The Kier molecular flexibility index (Phi) is 4.62. The molecule has 136 valence electrons. The average molecular weight is 364 g/mol. The summed E-state index contributed by atoms with van der Waals surface area (Å²) in [4.78, 5) is 25.1. The number of hydrogen-bond donors (Lipinski definition) is 0. The van der Waals surface area contributed by atoms with Crippen LogP contribution in [0.3, 0.4) is 0 Å². The van der Waals surface area contributed by atoms with Crippen molar-refractivity contribution in [3.05, 3.63) is 107 Å². The standard InChI is InChI=1S/C26H20O2/c1-17-6-5-8-22(16-17)24-15-14-20-7-3-4-9-23(20)25(24)26(28)21-12-10-19(11-13-21)18(2)27/h3-16H,1-2H3. The van der Waals surface area contributed by atoms with Gasteiger partial charge in [-0.15, -0.1) is 0 Å². The summed E-state index contributed by atoms with van der Waals surface area (Å²) in [5, 5.41) is 1.96. The molecule has 2 nitrogen and oxygen atoms in total. The summed E-state index contributed by atoms with van der Waals surface area (Å²) in [6, 6.07) is 27.1. The number of hydrogen-bond acceptors (Lipinski definition) is 2. The van der Waals surface area contributed by atoms with Gasteiger partial charge >= 0.3 is 0 Å². The molecule has 0 heterocycles. The first-order valence-electron chi connectivity index (χ1n) is 9.29. The molecule has 0 spiro atoms. The third-order valence-electron chi connectivity index (χ3n) is 5.04. The van der Waals surface area contributed by atoms with Gasteiger partial charge in [-0.1, -0.05) is 90.5 Å². The van der Waals surface area contributed by atoms with Gasteiger partial charge in [0.15, 0.2) is 11.6 Å². The molecule has 4 rings (SSSR count). The molecular weight excluding hydrogens is 344 g/mol. The monoisotopic (exact) mass is 364 g/mol. The molecule has 0 aliphatic rings. The Bertz CT molecular complexity index is 1200. The third kappa shape index (κ3) is 3.25. The highest BCUT2D eigenvalue weighted by Gasteiger charge is 2.18. The Morgan fingerprint density at radius 1 is 0.714 bits per heavy atom. The highest BCUT2D eigenvalue weighted by molar-refractivity contribution is 6.20. The second-order valence-electron chi connectivity index (χ2n) is 7.04. The molecule has 0 fully saturated rings. The molecule has 0 N–H and O–H groups in total. The Labute approximate surface area is 164 Å². The number of rotatable bonds is 4. The Balaban J connectivity index is 1.94. The van der Waals surface area contributed by atoms with Gasteiger partial charge in [0.2, 0.25) is 0 Å². The summed E-state index contributed by atoms with van der Waals surface area (Å²) in [6.45, 7) is 3.57. The number of carbonyl (C=O) groups is 2. The van der Waals surface area contributed by atoms with Crippen molar-refractivity contribution in [1.82, 2.24) is 0 Å². The molecule has 2 heteroatoms. The second kappa shape index (κ2) is 7.24. The van der Waals surface area contributed by atoms with Crippen LogP contribution < -0.4 is 0 Å². The zero-order chi connectivity index (χ0) is 19.7. The molecule has 4 aromatic carbocycles. The van der Waals surface area contributed by atoms with E-state index in [9.17, 15) is 9.59 Å². The van der Waals surface area contributed by atoms with Crippen molar-refractivity contribution in [2.45, 2.75) is 13.8 Å². The summed E-state index contributed by atoms with van der Waals surface area (Å²) >= 11 is 0. The third-order valence-corrected chi connectivity index (χ3v) is 5.04. The van der Waals surface area contributed by atoms with Gasteiger partial charge in [-0.25, -0.2) is 0 Å². The van der Waals surface area contributed by atoms with Crippen LogP contribution in [-0.2, 0) is 0 Å². The topological polar surface area (TPSA) is 34.1 Å². The highest BCUT2D eigenvalue weighted by atomic mass is 16.1. The van der Waals surface area contributed by atoms with Crippen LogP contribution in [0.25, 0.3) is 21.9 Å². The lowest BCUT2D eigenvalue weighted by Crippen LogP contribution is -2.05. The van der Waals surface area contributed by atoms with E-state index in [0.29, 0.717) is 16.7 Å². The van der Waals surface area contributed by atoms with Gasteiger partial charge in [0.25, 0.3) is 0 Å². The minimum absolute atomic E-state index is 0.00962. The summed E-state index contributed by atoms with van der Waals surface area (Å²) in [5.41, 5.74) is 4.97. The van der Waals surface area contributed by atoms with Crippen LogP contribution in [0.1, 0.15) is 38.8 Å². The molecule has 28 heavy (non-hydrogen) atoms. The number of fused-ring (bicyclic) bond motifs is 1. The SMILES string of the molecule is CC(=O)c1ccc(C(=O)c2c(-c3cccc(C)c3)ccc3ccccc23)cc1. The Morgan fingerprint density at radius 2 is 1.43 bits per heavy atom. The van der Waals surface area contributed by atoms with Crippen molar-refractivity contribution in [1.29, 1.82) is 0 Å². The summed E-state index contributed by atoms with van der Waals surface area (Å²) in [6.07, 6.45) is 0. The smallest absolute Gasteiger partial charge is 0.194 e. The molecule has 4 aromatic rings. The first-order valence-corrected chi connectivity index (χ1v) is 9.29. The van der Waals surface area contributed by atoms with Gasteiger partial charge in [-0.2, -0.15) is 0 Å². The van der Waals surface area contributed by atoms with E-state index in [-0.39, 0.29) is 11.6 Å². The van der Waals surface area contributed by atoms with Gasteiger partial charge in [0.1, 0.15) is 0 Å². The normalized spacial score (nSPS) is 10.8. The second-order valence-corrected chi connectivity index (χ2v) is 7.04. The van der Waals surface area contributed by atoms with Gasteiger partial charge in [0, 0.05) is 16.7 Å². The van der Waals surface area contributed by atoms with Crippen LogP contribution in [0.5, 0.6) is 0 Å². The molecule has 0 atom stereocenters. The van der Waals surface area contributed by atoms with E-state index in [2.05, 4.69) is 12.1 Å². The number of ketones is 2. The quantitative estimate of drug-likeness (QED) is 0.401. The van der Waals surface area contributed by atoms with Crippen LogP contribution in [0.15, 0.2) is 84.9 Å². The molecule has 0 amide bonds. The fourth-order valence-electron chi connectivity index (χ4n) is 3.57. The minimum atomic E-state index is -0.0385. The van der Waals surface area contributed by atoms with Gasteiger partial charge < -0.3 is 0 Å². The van der Waals surface area contributed by atoms with E-state index >= 15 is 0 Å². The lowest BCUT2D eigenvalue weighted by molar-refractivity contribution is 0.101. The van der Waals surface area contributed by atoms with Gasteiger partial charge in [-0.3, -0.25) is 9.59 Å². The van der Waals surface area contributed by atoms with E-state index in [1.807, 2.05) is 55.5 Å². The van der Waals surface area contributed by atoms with E-state index in [1.165, 1.54) is 6.92 Å². The van der Waals surface area contributed by atoms with Crippen molar-refractivity contribution in [2.75, 3.05) is 0 Å². The van der Waals surface area contributed by atoms with E-state index in [0.717, 1.165) is 27.5 Å². The van der Waals surface area contributed by atoms with E-state index < -0.39 is 0 Å². The van der Waals surface area contributed by atoms with Crippen LogP contribution in [-0.4, -0.2) is 11.6 Å². The molecular formula is C26H20O2. The fraction of sp³-hybridized carbons (Fsp3) is 0.0769. The van der Waals surface area contributed by atoms with Crippen LogP contribution in [0, 0.1) is 6.92 Å². The molecule has 0 unspecified atom stereocenters. The van der Waals surface area contributed by atoms with Gasteiger partial charge in [0.05, 0.1) is 0 Å². The summed E-state index contributed by atoms with van der Waals surface area (Å²) < 4.78 is 0. The minimum Gasteiger partial charge on any atom is -0.295 e. The molecule has 0 radical (unpaired) electrons.